The van der Waals surface area contributed by atoms with Crippen LogP contribution in [0.15, 0.2) is 48.8 Å². The minimum atomic E-state index is -0.337. The number of nitrogens with zero attached hydrogens (tertiary/aromatic N) is 4. The van der Waals surface area contributed by atoms with Crippen LogP contribution in [0.2, 0.25) is 0 Å². The number of nitrogens with one attached hydrogen (secondary N) is 4. The zero-order valence-electron chi connectivity index (χ0n) is 21.7. The molecule has 6 N–H and O–H groups in total. The second-order valence-electron chi connectivity index (χ2n) is 9.12. The highest BCUT2D eigenvalue weighted by atomic mass is 16.2. The molecule has 0 spiro atoms. The quantitative estimate of drug-likeness (QED) is 0.275. The van der Waals surface area contributed by atoms with Crippen LogP contribution < -0.4 is 27.0 Å². The van der Waals surface area contributed by atoms with E-state index in [0.29, 0.717) is 48.3 Å². The van der Waals surface area contributed by atoms with Gasteiger partial charge in [0.05, 0.1) is 0 Å². The number of carbonyl (C=O) groups is 2. The number of likely N-dealkylation sites (tertiary alicyclic amines) is 1. The molecule has 200 valence electrons. The Morgan fingerprint density at radius 2 is 1.76 bits per heavy atom. The van der Waals surface area contributed by atoms with E-state index >= 15 is 0 Å². The van der Waals surface area contributed by atoms with Gasteiger partial charge >= 0.3 is 6.03 Å². The summed E-state index contributed by atoms with van der Waals surface area (Å²) < 4.78 is 0. The van der Waals surface area contributed by atoms with Crippen LogP contribution in [0.5, 0.6) is 0 Å². The average molecular weight is 518 g/mol. The van der Waals surface area contributed by atoms with Gasteiger partial charge in [-0.25, -0.2) is 19.7 Å². The summed E-state index contributed by atoms with van der Waals surface area (Å²) >= 11 is 0. The van der Waals surface area contributed by atoms with Crippen LogP contribution >= 0.6 is 0 Å². The topological polar surface area (TPSA) is 150 Å². The Kier molecular flexibility index (Phi) is 9.41. The molecule has 1 aromatic carbocycles. The molecule has 0 aliphatic carbocycles. The summed E-state index contributed by atoms with van der Waals surface area (Å²) in [7, 11) is 0. The van der Waals surface area contributed by atoms with E-state index in [0.717, 1.165) is 30.8 Å². The number of hydrogen-bond donors (Lipinski definition) is 5. The molecule has 3 heterocycles. The molecule has 0 radical (unpaired) electrons. The molecule has 0 atom stereocenters. The van der Waals surface area contributed by atoms with Crippen LogP contribution in [0.4, 0.5) is 22.1 Å². The van der Waals surface area contributed by atoms with Crippen LogP contribution in [-0.4, -0.2) is 64.5 Å². The van der Waals surface area contributed by atoms with Crippen molar-refractivity contribution in [3.63, 3.8) is 0 Å². The van der Waals surface area contributed by atoms with Crippen LogP contribution in [0.1, 0.15) is 42.1 Å². The molecule has 1 fully saturated rings. The van der Waals surface area contributed by atoms with Gasteiger partial charge in [-0.2, -0.15) is 0 Å². The van der Waals surface area contributed by atoms with E-state index in [-0.39, 0.29) is 11.9 Å². The van der Waals surface area contributed by atoms with Crippen molar-refractivity contribution >= 4 is 29.3 Å². The number of urea groups is 1. The van der Waals surface area contributed by atoms with Gasteiger partial charge < -0.3 is 31.9 Å². The van der Waals surface area contributed by atoms with Gasteiger partial charge in [-0.15, -0.1) is 0 Å². The van der Waals surface area contributed by atoms with Gasteiger partial charge in [0.2, 0.25) is 0 Å². The van der Waals surface area contributed by atoms with Crippen molar-refractivity contribution in [1.29, 1.82) is 0 Å². The molecule has 1 aliphatic heterocycles. The number of piperidine rings is 1. The summed E-state index contributed by atoms with van der Waals surface area (Å²) in [6, 6.07) is 10.4. The minimum absolute atomic E-state index is 0.190. The third-order valence-corrected chi connectivity index (χ3v) is 6.24. The zero-order chi connectivity index (χ0) is 26.7. The van der Waals surface area contributed by atoms with E-state index in [1.807, 2.05) is 25.1 Å². The molecule has 0 saturated carbocycles. The number of anilines is 3. The molecule has 3 amide bonds. The van der Waals surface area contributed by atoms with Crippen LogP contribution in [0, 0.1) is 0 Å². The van der Waals surface area contributed by atoms with Crippen LogP contribution in [-0.2, 0) is 6.54 Å². The molecule has 1 saturated heterocycles. The summed E-state index contributed by atoms with van der Waals surface area (Å²) in [6.45, 7) is 6.52. The number of rotatable bonds is 10. The molecule has 4 rings (SSSR count). The number of benzene rings is 1. The predicted molar refractivity (Wildman–Crippen MR) is 149 cm³/mol. The highest BCUT2D eigenvalue weighted by Crippen LogP contribution is 2.21. The third-order valence-electron chi connectivity index (χ3n) is 6.24. The van der Waals surface area contributed by atoms with Gasteiger partial charge in [0.1, 0.15) is 17.2 Å². The second-order valence-corrected chi connectivity index (χ2v) is 9.12. The van der Waals surface area contributed by atoms with Crippen molar-refractivity contribution in [2.45, 2.75) is 32.7 Å². The molecule has 38 heavy (non-hydrogen) atoms. The van der Waals surface area contributed by atoms with E-state index in [4.69, 9.17) is 5.73 Å². The van der Waals surface area contributed by atoms with Crippen molar-refractivity contribution in [2.24, 2.45) is 0 Å². The maximum Gasteiger partial charge on any atom is 0.319 e. The molecule has 11 nitrogen and oxygen atoms in total. The Balaban J connectivity index is 1.33. The number of amides is 3. The van der Waals surface area contributed by atoms with Gasteiger partial charge in [-0.05, 0) is 68.8 Å². The number of carbonyl (C=O) groups excluding carboxylic acids is 2. The molecule has 0 unspecified atom stereocenters. The number of nitrogens with two attached hydrogens (primary N) is 1. The first-order valence-corrected chi connectivity index (χ1v) is 13.0. The highest BCUT2D eigenvalue weighted by Gasteiger charge is 2.16. The molecule has 0 bridgehead atoms. The van der Waals surface area contributed by atoms with Crippen LogP contribution in [0.3, 0.4) is 0 Å². The lowest BCUT2D eigenvalue weighted by Crippen LogP contribution is -2.37. The summed E-state index contributed by atoms with van der Waals surface area (Å²) in [5, 5.41) is 11.7. The molecular formula is C27H35N9O2. The fourth-order valence-electron chi connectivity index (χ4n) is 4.20. The molecule has 1 aliphatic rings. The number of pyridine rings is 1. The van der Waals surface area contributed by atoms with Crippen molar-refractivity contribution in [1.82, 2.24) is 30.5 Å². The Hall–Kier alpha value is -4.25. The third kappa shape index (κ3) is 7.62. The first-order valence-electron chi connectivity index (χ1n) is 13.0. The number of aromatic nitrogens is 3. The van der Waals surface area contributed by atoms with E-state index in [2.05, 4.69) is 41.1 Å². The summed E-state index contributed by atoms with van der Waals surface area (Å²) in [4.78, 5) is 40.5. The normalized spacial score (nSPS) is 13.5. The largest absolute Gasteiger partial charge is 0.384 e. The van der Waals surface area contributed by atoms with E-state index < -0.39 is 0 Å². The van der Waals surface area contributed by atoms with E-state index in [1.165, 1.54) is 19.3 Å². The Morgan fingerprint density at radius 1 is 0.974 bits per heavy atom. The summed E-state index contributed by atoms with van der Waals surface area (Å²) in [5.74, 6) is 1.22. The van der Waals surface area contributed by atoms with Crippen molar-refractivity contribution < 1.29 is 9.59 Å². The van der Waals surface area contributed by atoms with E-state index in [1.54, 1.807) is 30.6 Å². The maximum atomic E-state index is 12.8. The van der Waals surface area contributed by atoms with Crippen LogP contribution in [0.25, 0.3) is 11.4 Å². The first-order chi connectivity index (χ1) is 18.5. The van der Waals surface area contributed by atoms with E-state index in [9.17, 15) is 9.59 Å². The van der Waals surface area contributed by atoms with Gasteiger partial charge in [-0.1, -0.05) is 12.5 Å². The second kappa shape index (κ2) is 13.3. The smallest absolute Gasteiger partial charge is 0.319 e. The molecule has 2 aromatic heterocycles. The maximum absolute atomic E-state index is 12.8. The molecule has 11 heteroatoms. The van der Waals surface area contributed by atoms with Crippen molar-refractivity contribution in [3.8, 4) is 11.4 Å². The van der Waals surface area contributed by atoms with Crippen molar-refractivity contribution in [2.75, 3.05) is 49.1 Å². The molecular weight excluding hydrogens is 482 g/mol. The van der Waals surface area contributed by atoms with Gasteiger partial charge in [0, 0.05) is 49.8 Å². The van der Waals surface area contributed by atoms with Gasteiger partial charge in [-0.3, -0.25) is 4.79 Å². The average Bonchev–Trinajstić information content (AvgIpc) is 2.94. The Labute approximate surface area is 222 Å². The fourth-order valence-corrected chi connectivity index (χ4v) is 4.20. The monoisotopic (exact) mass is 517 g/mol. The summed E-state index contributed by atoms with van der Waals surface area (Å²) in [5.41, 5.74) is 8.23. The Morgan fingerprint density at radius 3 is 2.47 bits per heavy atom. The fraction of sp³-hybridized carbons (Fsp3) is 0.370. The molecule has 3 aromatic rings. The minimum Gasteiger partial charge on any atom is -0.384 e. The lowest BCUT2D eigenvalue weighted by atomic mass is 10.1. The lowest BCUT2D eigenvalue weighted by Gasteiger charge is -2.26. The number of hydrogen-bond acceptors (Lipinski definition) is 8. The SMILES string of the molecule is CCNc1nc(-c2ccc(NC(=O)NCc3ccc(N)nc3)cc2)ncc1C(=O)NCCN1CCCCC1. The van der Waals surface area contributed by atoms with Gasteiger partial charge in [0.15, 0.2) is 5.82 Å². The first kappa shape index (κ1) is 26.8. The summed E-state index contributed by atoms with van der Waals surface area (Å²) in [6.07, 6.45) is 6.91. The highest BCUT2D eigenvalue weighted by molar-refractivity contribution is 5.98. The zero-order valence-corrected chi connectivity index (χ0v) is 21.7. The predicted octanol–water partition coefficient (Wildman–Crippen LogP) is 3.09. The Bertz CT molecular complexity index is 1210. The lowest BCUT2D eigenvalue weighted by molar-refractivity contribution is 0.0946. The standard InChI is InChI=1S/C27H35N9O2/c1-2-29-25-22(26(37)30-12-15-36-13-4-3-5-14-36)18-32-24(35-25)20-7-9-21(10-8-20)34-27(38)33-17-19-6-11-23(28)31-16-19/h6-11,16,18H,2-5,12-15,17H2,1H3,(H2,28,31)(H,30,37)(H,29,32,35)(H2,33,34,38). The van der Waals surface area contributed by atoms with Crippen molar-refractivity contribution in [3.05, 3.63) is 59.9 Å². The van der Waals surface area contributed by atoms with Gasteiger partial charge in [0.25, 0.3) is 5.91 Å². The number of nitrogen functional groups attached to an aromatic ring is 1.